The van der Waals surface area contributed by atoms with E-state index >= 15 is 4.39 Å². The lowest BCUT2D eigenvalue weighted by Gasteiger charge is -2.41. The summed E-state index contributed by atoms with van der Waals surface area (Å²) in [6, 6.07) is 4.86. The Balaban J connectivity index is 1.65. The molecule has 3 heterocycles. The molecule has 214 valence electrons. The molecule has 5 rings (SSSR count). The number of piperazine rings is 1. The van der Waals surface area contributed by atoms with Gasteiger partial charge >= 0.3 is 11.8 Å². The number of thioether (sulfide) groups is 1. The molecule has 0 unspecified atom stereocenters. The summed E-state index contributed by atoms with van der Waals surface area (Å²) >= 11 is 8.25. The number of anilines is 1. The number of aromatic nitrogens is 2. The second-order valence-corrected chi connectivity index (χ2v) is 12.5. The van der Waals surface area contributed by atoms with E-state index in [0.29, 0.717) is 52.6 Å². The summed E-state index contributed by atoms with van der Waals surface area (Å²) in [7, 11) is 1.57. The first-order valence-electron chi connectivity index (χ1n) is 13.0. The quantitative estimate of drug-likeness (QED) is 0.394. The van der Waals surface area contributed by atoms with E-state index in [1.54, 1.807) is 22.6 Å². The van der Waals surface area contributed by atoms with Gasteiger partial charge in [0.2, 0.25) is 0 Å². The second kappa shape index (κ2) is 10.8. The fourth-order valence-electron chi connectivity index (χ4n) is 5.17. The average Bonchev–Trinajstić information content (AvgIpc) is 3.07. The van der Waals surface area contributed by atoms with E-state index in [4.69, 9.17) is 21.1 Å². The summed E-state index contributed by atoms with van der Waals surface area (Å²) in [5.74, 6) is -0.513. The fraction of sp³-hybridized carbons (Fsp3) is 0.464. The Kier molecular flexibility index (Phi) is 7.75. The number of hydrogen-bond donors (Lipinski definition) is 0. The number of benzene rings is 2. The van der Waals surface area contributed by atoms with Crippen molar-refractivity contribution in [3.63, 3.8) is 0 Å². The fourth-order valence-corrected chi connectivity index (χ4v) is 6.85. The van der Waals surface area contributed by atoms with Gasteiger partial charge in [-0.05, 0) is 45.9 Å². The molecule has 1 aromatic heterocycles. The zero-order valence-electron chi connectivity index (χ0n) is 23.0. The normalized spacial score (nSPS) is 19.6. The van der Waals surface area contributed by atoms with Gasteiger partial charge in [-0.3, -0.25) is 4.57 Å². The standard InChI is InChI=1S/C28H31ClF2N4O4S/c1-15-12-33(27(37)39-28(2,3)4)8-9-34(15)25-19-11-20(29)22(18-7-6-16(30)10-21(18)31)24-23(19)35(26(36)32-25)13-17(38-5)14-40-24/h6-7,10-11,15,17H,8-9,12-14H2,1-5H3/t15-,17+/m0/s1. The Bertz CT molecular complexity index is 1540. The molecule has 0 aliphatic carbocycles. The van der Waals surface area contributed by atoms with Gasteiger partial charge in [-0.15, -0.1) is 11.8 Å². The van der Waals surface area contributed by atoms with Crippen LogP contribution in [0.3, 0.4) is 0 Å². The molecule has 1 fully saturated rings. The molecule has 2 aliphatic heterocycles. The Morgan fingerprint density at radius 2 is 1.93 bits per heavy atom. The molecule has 0 saturated carbocycles. The maximum atomic E-state index is 15.0. The van der Waals surface area contributed by atoms with Crippen LogP contribution in [0.5, 0.6) is 0 Å². The molecule has 0 radical (unpaired) electrons. The Hall–Kier alpha value is -2.89. The van der Waals surface area contributed by atoms with E-state index in [0.717, 1.165) is 6.07 Å². The molecule has 3 aromatic rings. The highest BCUT2D eigenvalue weighted by Crippen LogP contribution is 2.46. The third-order valence-electron chi connectivity index (χ3n) is 7.04. The minimum absolute atomic E-state index is 0.142. The number of halogens is 3. The van der Waals surface area contributed by atoms with Gasteiger partial charge in [0, 0.05) is 66.0 Å². The number of carbonyl (C=O) groups excluding carboxylic acids is 1. The summed E-state index contributed by atoms with van der Waals surface area (Å²) in [5.41, 5.74) is 0.0238. The number of amides is 1. The van der Waals surface area contributed by atoms with Crippen molar-refractivity contribution in [3.05, 3.63) is 51.4 Å². The van der Waals surface area contributed by atoms with Crippen LogP contribution in [0.15, 0.2) is 34.0 Å². The first kappa shape index (κ1) is 28.6. The smallest absolute Gasteiger partial charge is 0.410 e. The van der Waals surface area contributed by atoms with Gasteiger partial charge in [0.1, 0.15) is 23.1 Å². The molecule has 40 heavy (non-hydrogen) atoms. The molecule has 1 saturated heterocycles. The number of nitrogens with zero attached hydrogens (tertiary/aromatic N) is 4. The Morgan fingerprint density at radius 3 is 2.58 bits per heavy atom. The summed E-state index contributed by atoms with van der Waals surface area (Å²) < 4.78 is 41.5. The third-order valence-corrected chi connectivity index (χ3v) is 8.56. The van der Waals surface area contributed by atoms with Gasteiger partial charge in [-0.1, -0.05) is 11.6 Å². The summed E-state index contributed by atoms with van der Waals surface area (Å²) in [4.78, 5) is 35.0. The van der Waals surface area contributed by atoms with E-state index in [1.165, 1.54) is 23.9 Å². The summed E-state index contributed by atoms with van der Waals surface area (Å²) in [5, 5.41) is 0.886. The first-order valence-corrected chi connectivity index (χ1v) is 14.4. The first-order chi connectivity index (χ1) is 18.9. The zero-order chi connectivity index (χ0) is 28.9. The molecule has 0 spiro atoms. The SMILES string of the molecule is CO[C@H]1CSc2c(-c3ccc(F)cc3F)c(Cl)cc3c(N4CCN(C(=O)OC(C)(C)C)C[C@@H]4C)nc(=O)n(c23)C1. The van der Waals surface area contributed by atoms with Crippen molar-refractivity contribution in [2.24, 2.45) is 0 Å². The number of rotatable bonds is 3. The van der Waals surface area contributed by atoms with Crippen LogP contribution in [0.1, 0.15) is 27.7 Å². The predicted octanol–water partition coefficient (Wildman–Crippen LogP) is 5.56. The molecule has 2 aromatic carbocycles. The van der Waals surface area contributed by atoms with Gasteiger partial charge in [0.15, 0.2) is 0 Å². The van der Waals surface area contributed by atoms with Gasteiger partial charge in [0.05, 0.1) is 23.2 Å². The van der Waals surface area contributed by atoms with Crippen molar-refractivity contribution in [2.75, 3.05) is 37.4 Å². The number of ether oxygens (including phenoxy) is 2. The van der Waals surface area contributed by atoms with Crippen molar-refractivity contribution in [2.45, 2.75) is 56.9 Å². The van der Waals surface area contributed by atoms with Crippen LogP contribution in [0.4, 0.5) is 19.4 Å². The second-order valence-electron chi connectivity index (χ2n) is 11.0. The van der Waals surface area contributed by atoms with Crippen molar-refractivity contribution in [1.29, 1.82) is 0 Å². The lowest BCUT2D eigenvalue weighted by atomic mass is 10.0. The molecule has 0 N–H and O–H groups in total. The summed E-state index contributed by atoms with van der Waals surface area (Å²) in [6.45, 7) is 8.85. The van der Waals surface area contributed by atoms with Crippen molar-refractivity contribution in [3.8, 4) is 11.1 Å². The van der Waals surface area contributed by atoms with Crippen molar-refractivity contribution < 1.29 is 23.0 Å². The maximum Gasteiger partial charge on any atom is 0.410 e. The molecule has 12 heteroatoms. The highest BCUT2D eigenvalue weighted by Gasteiger charge is 2.34. The number of carbonyl (C=O) groups is 1. The molecular formula is C28H31ClF2N4O4S. The molecule has 2 aliphatic rings. The Labute approximate surface area is 240 Å². The maximum absolute atomic E-state index is 15.0. The molecule has 1 amide bonds. The van der Waals surface area contributed by atoms with Crippen LogP contribution in [0.25, 0.3) is 22.0 Å². The minimum atomic E-state index is -0.749. The van der Waals surface area contributed by atoms with Gasteiger partial charge in [0.25, 0.3) is 0 Å². The van der Waals surface area contributed by atoms with Crippen molar-refractivity contribution >= 4 is 46.2 Å². The predicted molar refractivity (Wildman–Crippen MR) is 153 cm³/mol. The lowest BCUT2D eigenvalue weighted by Crippen LogP contribution is -2.55. The number of methoxy groups -OCH3 is 1. The zero-order valence-corrected chi connectivity index (χ0v) is 24.5. The van der Waals surface area contributed by atoms with Crippen LogP contribution in [0.2, 0.25) is 5.02 Å². The van der Waals surface area contributed by atoms with Crippen LogP contribution in [-0.4, -0.2) is 70.8 Å². The van der Waals surface area contributed by atoms with E-state index in [1.807, 2.05) is 32.6 Å². The molecule has 2 atom stereocenters. The van der Waals surface area contributed by atoms with Crippen LogP contribution < -0.4 is 10.6 Å². The lowest BCUT2D eigenvalue weighted by molar-refractivity contribution is 0.0218. The van der Waals surface area contributed by atoms with Crippen LogP contribution in [-0.2, 0) is 16.0 Å². The minimum Gasteiger partial charge on any atom is -0.444 e. The topological polar surface area (TPSA) is 76.9 Å². The molecule has 8 nitrogen and oxygen atoms in total. The van der Waals surface area contributed by atoms with Gasteiger partial charge < -0.3 is 19.3 Å². The van der Waals surface area contributed by atoms with Crippen LogP contribution >= 0.6 is 23.4 Å². The number of hydrogen-bond acceptors (Lipinski definition) is 7. The van der Waals surface area contributed by atoms with Crippen molar-refractivity contribution in [1.82, 2.24) is 14.5 Å². The van der Waals surface area contributed by atoms with Gasteiger partial charge in [-0.2, -0.15) is 4.98 Å². The summed E-state index contributed by atoms with van der Waals surface area (Å²) in [6.07, 6.45) is -0.691. The highest BCUT2D eigenvalue weighted by atomic mass is 35.5. The van der Waals surface area contributed by atoms with E-state index in [-0.39, 0.29) is 29.3 Å². The van der Waals surface area contributed by atoms with E-state index < -0.39 is 29.0 Å². The third kappa shape index (κ3) is 5.38. The molecule has 0 bridgehead atoms. The van der Waals surface area contributed by atoms with E-state index in [9.17, 15) is 14.0 Å². The highest BCUT2D eigenvalue weighted by molar-refractivity contribution is 7.99. The average molecular weight is 593 g/mol. The largest absolute Gasteiger partial charge is 0.444 e. The van der Waals surface area contributed by atoms with Crippen LogP contribution in [0, 0.1) is 11.6 Å². The van der Waals surface area contributed by atoms with E-state index in [2.05, 4.69) is 4.98 Å². The Morgan fingerprint density at radius 1 is 1.18 bits per heavy atom. The van der Waals surface area contributed by atoms with Gasteiger partial charge in [-0.25, -0.2) is 18.4 Å². The monoisotopic (exact) mass is 592 g/mol. The molecular weight excluding hydrogens is 562 g/mol.